The SMILES string of the molecule is N#Cc1ccc(CN2CCC(c3c(C(=O)N4CC[C@@H](c5ccc(F)cc5)C4)cnn3-c3ccc(F)cc3)CC2)cc1. The van der Waals surface area contributed by atoms with E-state index in [1.807, 2.05) is 29.2 Å². The molecule has 3 heterocycles. The summed E-state index contributed by atoms with van der Waals surface area (Å²) < 4.78 is 29.0. The van der Waals surface area contributed by atoms with Crippen molar-refractivity contribution in [2.45, 2.75) is 37.6 Å². The summed E-state index contributed by atoms with van der Waals surface area (Å²) in [5.41, 5.74) is 5.06. The number of aromatic nitrogens is 2. The van der Waals surface area contributed by atoms with Crippen LogP contribution >= 0.6 is 0 Å². The van der Waals surface area contributed by atoms with Crippen molar-refractivity contribution in [1.82, 2.24) is 19.6 Å². The first-order chi connectivity index (χ1) is 20.0. The number of benzene rings is 3. The van der Waals surface area contributed by atoms with Gasteiger partial charge in [-0.05, 0) is 92.0 Å². The van der Waals surface area contributed by atoms with Crippen LogP contribution in [0.1, 0.15) is 63.8 Å². The van der Waals surface area contributed by atoms with Crippen molar-refractivity contribution in [2.24, 2.45) is 0 Å². The zero-order valence-electron chi connectivity index (χ0n) is 22.7. The molecule has 0 radical (unpaired) electrons. The van der Waals surface area contributed by atoms with Crippen molar-refractivity contribution >= 4 is 5.91 Å². The predicted molar refractivity (Wildman–Crippen MR) is 152 cm³/mol. The van der Waals surface area contributed by atoms with E-state index >= 15 is 0 Å². The van der Waals surface area contributed by atoms with Gasteiger partial charge in [0, 0.05) is 31.5 Å². The molecule has 1 aromatic heterocycles. The van der Waals surface area contributed by atoms with E-state index in [1.54, 1.807) is 35.1 Å². The molecule has 0 unspecified atom stereocenters. The Morgan fingerprint density at radius 3 is 2.15 bits per heavy atom. The van der Waals surface area contributed by atoms with Gasteiger partial charge in [0.1, 0.15) is 11.6 Å². The molecule has 2 aliphatic heterocycles. The van der Waals surface area contributed by atoms with Crippen molar-refractivity contribution in [2.75, 3.05) is 26.2 Å². The molecule has 2 saturated heterocycles. The molecule has 4 aromatic rings. The van der Waals surface area contributed by atoms with Gasteiger partial charge in [0.15, 0.2) is 0 Å². The van der Waals surface area contributed by atoms with Crippen LogP contribution in [0.4, 0.5) is 8.78 Å². The highest BCUT2D eigenvalue weighted by atomic mass is 19.1. The maximum absolute atomic E-state index is 13.9. The highest BCUT2D eigenvalue weighted by molar-refractivity contribution is 5.95. The number of carbonyl (C=O) groups excluding carboxylic acids is 1. The van der Waals surface area contributed by atoms with E-state index in [9.17, 15) is 13.6 Å². The number of amides is 1. The lowest BCUT2D eigenvalue weighted by atomic mass is 9.90. The highest BCUT2D eigenvalue weighted by Gasteiger charge is 2.34. The highest BCUT2D eigenvalue weighted by Crippen LogP contribution is 2.35. The molecule has 0 N–H and O–H groups in total. The van der Waals surface area contributed by atoms with Crippen molar-refractivity contribution in [3.05, 3.63) is 119 Å². The van der Waals surface area contributed by atoms with Gasteiger partial charge >= 0.3 is 0 Å². The molecule has 2 fully saturated rings. The van der Waals surface area contributed by atoms with E-state index in [0.29, 0.717) is 24.2 Å². The molecule has 0 bridgehead atoms. The Labute approximate surface area is 238 Å². The lowest BCUT2D eigenvalue weighted by Crippen LogP contribution is -2.34. The summed E-state index contributed by atoms with van der Waals surface area (Å²) in [6, 6.07) is 22.6. The molecule has 6 rings (SSSR count). The normalized spacial score (nSPS) is 18.0. The quantitative estimate of drug-likeness (QED) is 0.294. The minimum absolute atomic E-state index is 0.0435. The van der Waals surface area contributed by atoms with E-state index in [4.69, 9.17) is 5.26 Å². The topological polar surface area (TPSA) is 65.2 Å². The minimum atomic E-state index is -0.321. The Hall–Kier alpha value is -4.35. The van der Waals surface area contributed by atoms with Gasteiger partial charge in [-0.1, -0.05) is 24.3 Å². The number of nitriles is 1. The van der Waals surface area contributed by atoms with Crippen molar-refractivity contribution < 1.29 is 13.6 Å². The van der Waals surface area contributed by atoms with Crippen molar-refractivity contribution in [3.63, 3.8) is 0 Å². The molecular weight excluding hydrogens is 520 g/mol. The second-order valence-corrected chi connectivity index (χ2v) is 11.0. The molecule has 8 heteroatoms. The monoisotopic (exact) mass is 551 g/mol. The molecule has 1 atom stereocenters. The minimum Gasteiger partial charge on any atom is -0.338 e. The van der Waals surface area contributed by atoms with Gasteiger partial charge in [-0.3, -0.25) is 9.69 Å². The molecule has 3 aromatic carbocycles. The van der Waals surface area contributed by atoms with E-state index in [1.165, 1.54) is 29.8 Å². The largest absolute Gasteiger partial charge is 0.338 e. The van der Waals surface area contributed by atoms with Crippen LogP contribution in [0.5, 0.6) is 0 Å². The molecular formula is C33H31F2N5O. The number of hydrogen-bond acceptors (Lipinski definition) is 4. The van der Waals surface area contributed by atoms with Crippen LogP contribution in [0.25, 0.3) is 5.69 Å². The second-order valence-electron chi connectivity index (χ2n) is 11.0. The standard InChI is InChI=1S/C33H31F2N5O/c34-28-7-5-25(6-8-28)27-15-18-39(22-27)33(41)31-20-37-40(30-11-9-29(35)10-12-30)32(31)26-13-16-38(17-14-26)21-24-3-1-23(19-36)2-4-24/h1-12,20,26-27H,13-18,21-22H2/t27-/m1/s1. The molecule has 2 aliphatic rings. The van der Waals surface area contributed by atoms with Crippen molar-refractivity contribution in [1.29, 1.82) is 5.26 Å². The average Bonchev–Trinajstić information content (AvgIpc) is 3.67. The van der Waals surface area contributed by atoms with Crippen LogP contribution in [0.15, 0.2) is 79.0 Å². The predicted octanol–water partition coefficient (Wildman–Crippen LogP) is 6.03. The summed E-state index contributed by atoms with van der Waals surface area (Å²) in [5, 5.41) is 13.7. The van der Waals surface area contributed by atoms with E-state index < -0.39 is 0 Å². The Morgan fingerprint density at radius 2 is 1.49 bits per heavy atom. The molecule has 41 heavy (non-hydrogen) atoms. The summed E-state index contributed by atoms with van der Waals surface area (Å²) >= 11 is 0. The van der Waals surface area contributed by atoms with Crippen molar-refractivity contribution in [3.8, 4) is 11.8 Å². The van der Waals surface area contributed by atoms with E-state index in [2.05, 4.69) is 16.1 Å². The zero-order chi connectivity index (χ0) is 28.3. The fourth-order valence-corrected chi connectivity index (χ4v) is 6.13. The van der Waals surface area contributed by atoms with Gasteiger partial charge in [-0.15, -0.1) is 0 Å². The van der Waals surface area contributed by atoms with Gasteiger partial charge in [-0.2, -0.15) is 10.4 Å². The van der Waals surface area contributed by atoms with Gasteiger partial charge in [0.05, 0.1) is 34.8 Å². The zero-order valence-corrected chi connectivity index (χ0v) is 22.7. The van der Waals surface area contributed by atoms with Crippen LogP contribution < -0.4 is 0 Å². The molecule has 208 valence electrons. The molecule has 0 spiro atoms. The summed E-state index contributed by atoms with van der Waals surface area (Å²) in [4.78, 5) is 18.2. The summed E-state index contributed by atoms with van der Waals surface area (Å²) in [6.07, 6.45) is 4.21. The van der Waals surface area contributed by atoms with Gasteiger partial charge < -0.3 is 4.90 Å². The van der Waals surface area contributed by atoms with Crippen LogP contribution in [-0.4, -0.2) is 51.7 Å². The number of rotatable bonds is 6. The summed E-state index contributed by atoms with van der Waals surface area (Å²) in [6.45, 7) is 3.74. The third-order valence-corrected chi connectivity index (χ3v) is 8.39. The van der Waals surface area contributed by atoms with Gasteiger partial charge in [-0.25, -0.2) is 13.5 Å². The Kier molecular flexibility index (Phi) is 7.62. The smallest absolute Gasteiger partial charge is 0.257 e. The van der Waals surface area contributed by atoms with Crippen LogP contribution in [0, 0.1) is 23.0 Å². The third kappa shape index (κ3) is 5.77. The molecule has 0 aliphatic carbocycles. The van der Waals surface area contributed by atoms with Gasteiger partial charge in [0.2, 0.25) is 0 Å². The first-order valence-corrected chi connectivity index (χ1v) is 14.1. The number of piperidine rings is 1. The number of nitrogens with zero attached hydrogens (tertiary/aromatic N) is 5. The molecule has 0 saturated carbocycles. The number of carbonyl (C=O) groups is 1. The maximum Gasteiger partial charge on any atom is 0.257 e. The maximum atomic E-state index is 13.9. The lowest BCUT2D eigenvalue weighted by Gasteiger charge is -2.33. The molecule has 1 amide bonds. The van der Waals surface area contributed by atoms with E-state index in [-0.39, 0.29) is 29.4 Å². The second kappa shape index (κ2) is 11.6. The fourth-order valence-electron chi connectivity index (χ4n) is 6.13. The fraction of sp³-hybridized carbons (Fsp3) is 0.303. The lowest BCUT2D eigenvalue weighted by molar-refractivity contribution is 0.0788. The first kappa shape index (κ1) is 26.9. The average molecular weight is 552 g/mol. The van der Waals surface area contributed by atoms with Crippen LogP contribution in [0.2, 0.25) is 0 Å². The summed E-state index contributed by atoms with van der Waals surface area (Å²) in [5.74, 6) is -0.341. The first-order valence-electron chi connectivity index (χ1n) is 14.1. The molecule has 6 nitrogen and oxygen atoms in total. The Balaban J connectivity index is 1.22. The number of halogens is 2. The third-order valence-electron chi connectivity index (χ3n) is 8.39. The summed E-state index contributed by atoms with van der Waals surface area (Å²) in [7, 11) is 0. The number of hydrogen-bond donors (Lipinski definition) is 0. The van der Waals surface area contributed by atoms with Gasteiger partial charge in [0.25, 0.3) is 5.91 Å². The van der Waals surface area contributed by atoms with Crippen LogP contribution in [0.3, 0.4) is 0 Å². The van der Waals surface area contributed by atoms with Crippen LogP contribution in [-0.2, 0) is 6.54 Å². The van der Waals surface area contributed by atoms with E-state index in [0.717, 1.165) is 55.8 Å². The number of likely N-dealkylation sites (tertiary alicyclic amines) is 2. The Morgan fingerprint density at radius 1 is 0.854 bits per heavy atom. The Bertz CT molecular complexity index is 1550.